The second-order valence-electron chi connectivity index (χ2n) is 7.41. The van der Waals surface area contributed by atoms with Crippen molar-refractivity contribution >= 4 is 11.9 Å². The van der Waals surface area contributed by atoms with E-state index >= 15 is 0 Å². The molecule has 128 valence electrons. The standard InChI is InChI=1S/C19H25N3O2/c23-17-16(8-4-10-20-17)22-18(24)21-12-14-11-19(14)9-3-6-13-5-1-2-7-15(13)19/h1-2,5,7,14,16H,3-4,6,8-12H2,(H,20,23)(H2,21,22,24)/t14-,16+,19-/m0/s1. The molecule has 1 saturated carbocycles. The lowest BCUT2D eigenvalue weighted by molar-refractivity contribution is -0.124. The number of carbonyl (C=O) groups is 2. The lowest BCUT2D eigenvalue weighted by Gasteiger charge is -2.27. The van der Waals surface area contributed by atoms with Gasteiger partial charge in [0, 0.05) is 18.5 Å². The van der Waals surface area contributed by atoms with Crippen LogP contribution in [0.15, 0.2) is 24.3 Å². The van der Waals surface area contributed by atoms with E-state index in [-0.39, 0.29) is 23.4 Å². The molecule has 5 heteroatoms. The monoisotopic (exact) mass is 327 g/mol. The Bertz CT molecular complexity index is 660. The van der Waals surface area contributed by atoms with Gasteiger partial charge in [0.15, 0.2) is 0 Å². The number of aryl methyl sites for hydroxylation is 1. The van der Waals surface area contributed by atoms with Crippen molar-refractivity contribution < 1.29 is 9.59 Å². The zero-order valence-electron chi connectivity index (χ0n) is 13.9. The van der Waals surface area contributed by atoms with Gasteiger partial charge in [0.2, 0.25) is 5.91 Å². The predicted molar refractivity (Wildman–Crippen MR) is 91.7 cm³/mol. The topological polar surface area (TPSA) is 70.2 Å². The lowest BCUT2D eigenvalue weighted by atomic mass is 9.78. The van der Waals surface area contributed by atoms with Crippen molar-refractivity contribution in [2.45, 2.75) is 50.0 Å². The van der Waals surface area contributed by atoms with Crippen LogP contribution in [0.5, 0.6) is 0 Å². The molecule has 0 aromatic heterocycles. The van der Waals surface area contributed by atoms with Gasteiger partial charge in [-0.2, -0.15) is 0 Å². The van der Waals surface area contributed by atoms with Gasteiger partial charge in [0.25, 0.3) is 0 Å². The molecule has 1 heterocycles. The van der Waals surface area contributed by atoms with Crippen molar-refractivity contribution in [1.82, 2.24) is 16.0 Å². The van der Waals surface area contributed by atoms with Crippen molar-refractivity contribution in [3.05, 3.63) is 35.4 Å². The fourth-order valence-corrected chi connectivity index (χ4v) is 4.57. The van der Waals surface area contributed by atoms with Crippen molar-refractivity contribution in [3.63, 3.8) is 0 Å². The minimum absolute atomic E-state index is 0.0690. The number of hydrogen-bond donors (Lipinski definition) is 3. The molecule has 3 amide bonds. The maximum atomic E-state index is 12.1. The molecule has 24 heavy (non-hydrogen) atoms. The van der Waals surface area contributed by atoms with Gasteiger partial charge in [-0.25, -0.2) is 4.79 Å². The van der Waals surface area contributed by atoms with Gasteiger partial charge >= 0.3 is 6.03 Å². The molecule has 4 rings (SSSR count). The second-order valence-corrected chi connectivity index (χ2v) is 7.41. The SMILES string of the molecule is O=C(NC[C@@H]1C[C@@]12CCCc1ccccc12)N[C@@H]1CCCNC1=O. The molecular formula is C19H25N3O2. The minimum Gasteiger partial charge on any atom is -0.354 e. The van der Waals surface area contributed by atoms with E-state index in [0.717, 1.165) is 19.3 Å². The molecule has 2 aliphatic carbocycles. The zero-order valence-corrected chi connectivity index (χ0v) is 13.9. The fraction of sp³-hybridized carbons (Fsp3) is 0.579. The number of urea groups is 1. The van der Waals surface area contributed by atoms with E-state index in [1.165, 1.54) is 30.4 Å². The molecule has 0 unspecified atom stereocenters. The Labute approximate surface area is 142 Å². The molecule has 1 aliphatic heterocycles. The van der Waals surface area contributed by atoms with Crippen LogP contribution in [-0.4, -0.2) is 31.1 Å². The Morgan fingerprint density at radius 3 is 3.04 bits per heavy atom. The first-order valence-corrected chi connectivity index (χ1v) is 9.09. The molecule has 0 radical (unpaired) electrons. The molecule has 1 aromatic carbocycles. The summed E-state index contributed by atoms with van der Waals surface area (Å²) in [6, 6.07) is 8.15. The largest absolute Gasteiger partial charge is 0.354 e. The van der Waals surface area contributed by atoms with Gasteiger partial charge in [-0.15, -0.1) is 0 Å². The third-order valence-electron chi connectivity index (χ3n) is 5.95. The van der Waals surface area contributed by atoms with Crippen LogP contribution < -0.4 is 16.0 Å². The van der Waals surface area contributed by atoms with E-state index in [9.17, 15) is 9.59 Å². The number of fused-ring (bicyclic) bond motifs is 2. The third-order valence-corrected chi connectivity index (χ3v) is 5.95. The number of carbonyl (C=O) groups excluding carboxylic acids is 2. The summed E-state index contributed by atoms with van der Waals surface area (Å²) >= 11 is 0. The number of benzene rings is 1. The smallest absolute Gasteiger partial charge is 0.315 e. The Balaban J connectivity index is 1.32. The summed E-state index contributed by atoms with van der Waals surface area (Å²) in [6.07, 6.45) is 6.44. The fourth-order valence-electron chi connectivity index (χ4n) is 4.57. The summed E-state index contributed by atoms with van der Waals surface area (Å²) in [5.41, 5.74) is 3.26. The summed E-state index contributed by atoms with van der Waals surface area (Å²) in [5.74, 6) is 0.449. The minimum atomic E-state index is -0.387. The predicted octanol–water partition coefficient (Wildman–Crippen LogP) is 1.86. The molecule has 3 N–H and O–H groups in total. The van der Waals surface area contributed by atoms with Crippen molar-refractivity contribution in [2.24, 2.45) is 5.92 Å². The average Bonchev–Trinajstić information content (AvgIpc) is 3.29. The van der Waals surface area contributed by atoms with Crippen LogP contribution in [0.2, 0.25) is 0 Å². The third kappa shape index (κ3) is 2.76. The van der Waals surface area contributed by atoms with Crippen molar-refractivity contribution in [2.75, 3.05) is 13.1 Å². The Morgan fingerprint density at radius 1 is 1.29 bits per heavy atom. The van der Waals surface area contributed by atoms with E-state index in [2.05, 4.69) is 40.2 Å². The highest BCUT2D eigenvalue weighted by Crippen LogP contribution is 2.59. The van der Waals surface area contributed by atoms with E-state index in [0.29, 0.717) is 19.0 Å². The highest BCUT2D eigenvalue weighted by Gasteiger charge is 2.56. The maximum Gasteiger partial charge on any atom is 0.315 e. The number of rotatable bonds is 3. The summed E-state index contributed by atoms with van der Waals surface area (Å²) in [4.78, 5) is 23.8. The van der Waals surface area contributed by atoms with E-state index in [1.807, 2.05) is 0 Å². The zero-order chi connectivity index (χ0) is 16.6. The Hall–Kier alpha value is -2.04. The summed E-state index contributed by atoms with van der Waals surface area (Å²) < 4.78 is 0. The molecular weight excluding hydrogens is 302 g/mol. The number of piperidine rings is 1. The van der Waals surface area contributed by atoms with Crippen molar-refractivity contribution in [3.8, 4) is 0 Å². The highest BCUT2D eigenvalue weighted by molar-refractivity contribution is 5.87. The Morgan fingerprint density at radius 2 is 2.17 bits per heavy atom. The number of nitrogens with one attached hydrogen (secondary N) is 3. The molecule has 2 fully saturated rings. The van der Waals surface area contributed by atoms with Gasteiger partial charge < -0.3 is 16.0 Å². The number of hydrogen-bond acceptors (Lipinski definition) is 2. The lowest BCUT2D eigenvalue weighted by Crippen LogP contribution is -2.53. The first-order valence-electron chi connectivity index (χ1n) is 9.09. The van der Waals surface area contributed by atoms with E-state index in [4.69, 9.17) is 0 Å². The Kier molecular flexibility index (Phi) is 3.94. The van der Waals surface area contributed by atoms with Crippen LogP contribution in [0, 0.1) is 5.92 Å². The molecule has 0 bridgehead atoms. The average molecular weight is 327 g/mol. The highest BCUT2D eigenvalue weighted by atomic mass is 16.2. The van der Waals surface area contributed by atoms with E-state index in [1.54, 1.807) is 0 Å². The first-order chi connectivity index (χ1) is 11.7. The van der Waals surface area contributed by atoms with Crippen LogP contribution in [-0.2, 0) is 16.6 Å². The summed E-state index contributed by atoms with van der Waals surface area (Å²) in [7, 11) is 0. The van der Waals surface area contributed by atoms with Crippen LogP contribution in [0.3, 0.4) is 0 Å². The van der Waals surface area contributed by atoms with Gasteiger partial charge in [0.1, 0.15) is 6.04 Å². The van der Waals surface area contributed by atoms with Gasteiger partial charge in [-0.3, -0.25) is 4.79 Å². The quantitative estimate of drug-likeness (QED) is 0.793. The normalized spacial score (nSPS) is 31.1. The molecule has 3 atom stereocenters. The molecule has 1 spiro atoms. The molecule has 5 nitrogen and oxygen atoms in total. The summed E-state index contributed by atoms with van der Waals surface area (Å²) in [5, 5.41) is 8.58. The summed E-state index contributed by atoms with van der Waals surface area (Å²) in [6.45, 7) is 1.40. The van der Waals surface area contributed by atoms with Crippen LogP contribution in [0.4, 0.5) is 4.79 Å². The number of amides is 3. The maximum absolute atomic E-state index is 12.1. The van der Waals surface area contributed by atoms with Gasteiger partial charge in [-0.1, -0.05) is 24.3 Å². The van der Waals surface area contributed by atoms with Crippen LogP contribution in [0.25, 0.3) is 0 Å². The van der Waals surface area contributed by atoms with Crippen LogP contribution in [0.1, 0.15) is 43.2 Å². The van der Waals surface area contributed by atoms with Gasteiger partial charge in [-0.05, 0) is 55.6 Å². The molecule has 1 aromatic rings. The van der Waals surface area contributed by atoms with Crippen molar-refractivity contribution in [1.29, 1.82) is 0 Å². The van der Waals surface area contributed by atoms with Gasteiger partial charge in [0.05, 0.1) is 0 Å². The second kappa shape index (κ2) is 6.11. The molecule has 1 saturated heterocycles. The first kappa shape index (κ1) is 15.5. The van der Waals surface area contributed by atoms with Crippen LogP contribution >= 0.6 is 0 Å². The van der Waals surface area contributed by atoms with E-state index < -0.39 is 0 Å². The molecule has 3 aliphatic rings.